The van der Waals surface area contributed by atoms with Crippen molar-refractivity contribution in [3.8, 4) is 0 Å². The highest BCUT2D eigenvalue weighted by Crippen LogP contribution is 2.16. The van der Waals surface area contributed by atoms with Gasteiger partial charge in [0.2, 0.25) is 5.91 Å². The summed E-state index contributed by atoms with van der Waals surface area (Å²) in [6, 6.07) is 7.01. The van der Waals surface area contributed by atoms with Crippen LogP contribution in [-0.2, 0) is 15.3 Å². The number of benzene rings is 1. The van der Waals surface area contributed by atoms with Gasteiger partial charge in [0.25, 0.3) is 0 Å². The molecule has 2 N–H and O–H groups in total. The quantitative estimate of drug-likeness (QED) is 0.839. The molecule has 0 saturated heterocycles. The molecule has 0 radical (unpaired) electrons. The predicted octanol–water partition coefficient (Wildman–Crippen LogP) is 2.27. The Balaban J connectivity index is 2.41. The molecule has 98 valence electrons. The number of hydrogen-bond donors (Lipinski definition) is 2. The lowest BCUT2D eigenvalue weighted by molar-refractivity contribution is -0.140. The van der Waals surface area contributed by atoms with E-state index in [0.29, 0.717) is 5.75 Å². The number of hydrogen-bond acceptors (Lipinski definition) is 3. The molecule has 0 aliphatic carbocycles. The molecular weight excluding hydrogens is 318 g/mol. The Morgan fingerprint density at radius 2 is 2.00 bits per heavy atom. The summed E-state index contributed by atoms with van der Waals surface area (Å²) in [5, 5.41) is 11.3. The van der Waals surface area contributed by atoms with Gasteiger partial charge in [-0.25, -0.2) is 4.79 Å². The first-order valence-corrected chi connectivity index (χ1v) is 7.26. The molecule has 0 aliphatic rings. The number of amides is 1. The van der Waals surface area contributed by atoms with Crippen LogP contribution in [0.25, 0.3) is 0 Å². The van der Waals surface area contributed by atoms with Crippen LogP contribution in [-0.4, -0.2) is 28.8 Å². The molecule has 1 rings (SSSR count). The number of carboxylic acid groups (broad SMARTS) is 1. The Morgan fingerprint density at radius 3 is 2.50 bits per heavy atom. The number of halogens is 1. The minimum Gasteiger partial charge on any atom is -0.480 e. The summed E-state index contributed by atoms with van der Waals surface area (Å²) in [4.78, 5) is 21.7. The van der Waals surface area contributed by atoms with Gasteiger partial charge in [0.1, 0.15) is 6.04 Å². The molecule has 0 aliphatic heterocycles. The topological polar surface area (TPSA) is 66.4 Å². The van der Waals surface area contributed by atoms with Crippen molar-refractivity contribution in [2.45, 2.75) is 18.7 Å². The fourth-order valence-corrected chi connectivity index (χ4v) is 2.57. The number of thioether (sulfide) groups is 1. The van der Waals surface area contributed by atoms with E-state index in [1.54, 1.807) is 0 Å². The second-order valence-corrected chi connectivity index (χ2v) is 5.68. The summed E-state index contributed by atoms with van der Waals surface area (Å²) in [6.07, 6.45) is 0. The maximum Gasteiger partial charge on any atom is 0.327 e. The number of carbonyl (C=O) groups is 2. The largest absolute Gasteiger partial charge is 0.480 e. The van der Waals surface area contributed by atoms with E-state index in [1.807, 2.05) is 24.3 Å². The first-order chi connectivity index (χ1) is 8.49. The number of carboxylic acids is 1. The maximum atomic E-state index is 10.9. The van der Waals surface area contributed by atoms with Crippen LogP contribution in [0.5, 0.6) is 0 Å². The Bertz CT molecular complexity index is 422. The molecular formula is C12H14BrNO3S. The van der Waals surface area contributed by atoms with Crippen LogP contribution in [0.15, 0.2) is 28.7 Å². The molecule has 1 aromatic carbocycles. The first kappa shape index (κ1) is 15.0. The third-order valence-corrected chi connectivity index (χ3v) is 3.78. The van der Waals surface area contributed by atoms with Crippen molar-refractivity contribution >= 4 is 39.6 Å². The molecule has 1 aromatic rings. The second-order valence-electron chi connectivity index (χ2n) is 3.73. The predicted molar refractivity (Wildman–Crippen MR) is 75.5 cm³/mol. The second kappa shape index (κ2) is 7.43. The Kier molecular flexibility index (Phi) is 6.21. The maximum absolute atomic E-state index is 10.9. The Hall–Kier alpha value is -1.01. The zero-order valence-electron chi connectivity index (χ0n) is 9.85. The number of aliphatic carboxylic acids is 1. The van der Waals surface area contributed by atoms with Crippen molar-refractivity contribution in [2.24, 2.45) is 0 Å². The van der Waals surface area contributed by atoms with Crippen molar-refractivity contribution < 1.29 is 14.7 Å². The number of carbonyl (C=O) groups excluding carboxylic acids is 1. The molecule has 4 nitrogen and oxygen atoms in total. The average Bonchev–Trinajstić information content (AvgIpc) is 2.29. The summed E-state index contributed by atoms with van der Waals surface area (Å²) in [6.45, 7) is 1.31. The summed E-state index contributed by atoms with van der Waals surface area (Å²) >= 11 is 4.83. The number of nitrogens with one attached hydrogen (secondary N) is 1. The van der Waals surface area contributed by atoms with Gasteiger partial charge in [0.15, 0.2) is 0 Å². The van der Waals surface area contributed by atoms with Crippen LogP contribution >= 0.6 is 27.7 Å². The van der Waals surface area contributed by atoms with E-state index in [1.165, 1.54) is 18.7 Å². The summed E-state index contributed by atoms with van der Waals surface area (Å²) in [5.74, 6) is -0.262. The Morgan fingerprint density at radius 1 is 1.39 bits per heavy atom. The van der Waals surface area contributed by atoms with Crippen LogP contribution in [0.1, 0.15) is 12.5 Å². The smallest absolute Gasteiger partial charge is 0.327 e. The molecule has 6 heteroatoms. The van der Waals surface area contributed by atoms with E-state index >= 15 is 0 Å². The molecule has 0 aromatic heterocycles. The van der Waals surface area contributed by atoms with Gasteiger partial charge in [-0.1, -0.05) is 28.1 Å². The van der Waals surface area contributed by atoms with Crippen LogP contribution in [0, 0.1) is 0 Å². The molecule has 0 saturated carbocycles. The molecule has 18 heavy (non-hydrogen) atoms. The fraction of sp³-hybridized carbons (Fsp3) is 0.333. The summed E-state index contributed by atoms with van der Waals surface area (Å²) in [7, 11) is 0. The van der Waals surface area contributed by atoms with Crippen molar-refractivity contribution in [1.29, 1.82) is 0 Å². The minimum atomic E-state index is -1.01. The van der Waals surface area contributed by atoms with Crippen molar-refractivity contribution in [3.05, 3.63) is 34.3 Å². The van der Waals surface area contributed by atoms with Crippen LogP contribution in [0.4, 0.5) is 0 Å². The monoisotopic (exact) mass is 331 g/mol. The first-order valence-electron chi connectivity index (χ1n) is 5.31. The van der Waals surface area contributed by atoms with Crippen LogP contribution < -0.4 is 5.32 Å². The molecule has 0 fully saturated rings. The molecule has 1 atom stereocenters. The third kappa shape index (κ3) is 5.55. The highest BCUT2D eigenvalue weighted by atomic mass is 79.9. The van der Waals surface area contributed by atoms with E-state index in [2.05, 4.69) is 21.2 Å². The Labute approximate surface area is 118 Å². The summed E-state index contributed by atoms with van der Waals surface area (Å²) in [5.41, 5.74) is 1.12. The van der Waals surface area contributed by atoms with Gasteiger partial charge in [-0.05, 0) is 17.7 Å². The van der Waals surface area contributed by atoms with Gasteiger partial charge in [-0.2, -0.15) is 11.8 Å². The highest BCUT2D eigenvalue weighted by Gasteiger charge is 2.17. The van der Waals surface area contributed by atoms with Gasteiger partial charge in [0, 0.05) is 22.9 Å². The van der Waals surface area contributed by atoms with Crippen molar-refractivity contribution in [3.63, 3.8) is 0 Å². The lowest BCUT2D eigenvalue weighted by atomic mass is 10.2. The zero-order valence-corrected chi connectivity index (χ0v) is 12.3. The molecule has 0 spiro atoms. The van der Waals surface area contributed by atoms with Crippen molar-refractivity contribution in [2.75, 3.05) is 5.75 Å². The van der Waals surface area contributed by atoms with Gasteiger partial charge in [-0.15, -0.1) is 0 Å². The van der Waals surface area contributed by atoms with Crippen LogP contribution in [0.3, 0.4) is 0 Å². The SMILES string of the molecule is CC(=O)NC(CSCc1ccc(Br)cc1)C(=O)O. The van der Waals surface area contributed by atoms with Gasteiger partial charge < -0.3 is 10.4 Å². The number of rotatable bonds is 6. The van der Waals surface area contributed by atoms with Crippen molar-refractivity contribution in [1.82, 2.24) is 5.32 Å². The van der Waals surface area contributed by atoms with E-state index < -0.39 is 12.0 Å². The van der Waals surface area contributed by atoms with Gasteiger partial charge in [0.05, 0.1) is 0 Å². The standard InChI is InChI=1S/C12H14BrNO3S/c1-8(15)14-11(12(16)17)7-18-6-9-2-4-10(13)5-3-9/h2-5,11H,6-7H2,1H3,(H,14,15)(H,16,17). The van der Waals surface area contributed by atoms with E-state index in [4.69, 9.17) is 5.11 Å². The van der Waals surface area contributed by atoms with E-state index in [0.717, 1.165) is 15.8 Å². The molecule has 1 unspecified atom stereocenters. The third-order valence-electron chi connectivity index (χ3n) is 2.14. The van der Waals surface area contributed by atoms with Crippen LogP contribution in [0.2, 0.25) is 0 Å². The highest BCUT2D eigenvalue weighted by molar-refractivity contribution is 9.10. The lowest BCUT2D eigenvalue weighted by Gasteiger charge is -2.12. The molecule has 0 heterocycles. The minimum absolute atomic E-state index is 0.327. The molecule has 0 bridgehead atoms. The normalized spacial score (nSPS) is 11.9. The van der Waals surface area contributed by atoms with E-state index in [9.17, 15) is 9.59 Å². The summed E-state index contributed by atoms with van der Waals surface area (Å²) < 4.78 is 1.01. The van der Waals surface area contributed by atoms with Gasteiger partial charge >= 0.3 is 5.97 Å². The fourth-order valence-electron chi connectivity index (χ4n) is 1.30. The lowest BCUT2D eigenvalue weighted by Crippen LogP contribution is -2.41. The average molecular weight is 332 g/mol. The van der Waals surface area contributed by atoms with E-state index in [-0.39, 0.29) is 5.91 Å². The van der Waals surface area contributed by atoms with Gasteiger partial charge in [-0.3, -0.25) is 4.79 Å². The molecule has 1 amide bonds. The zero-order chi connectivity index (χ0) is 13.5.